The average Bonchev–Trinajstić information content (AvgIpc) is 3.19. The van der Waals surface area contributed by atoms with Crippen molar-refractivity contribution in [2.45, 2.75) is 0 Å². The summed E-state index contributed by atoms with van der Waals surface area (Å²) in [6.45, 7) is 0. The summed E-state index contributed by atoms with van der Waals surface area (Å²) in [6.07, 6.45) is 1.85. The quantitative estimate of drug-likeness (QED) is 0.177. The summed E-state index contributed by atoms with van der Waals surface area (Å²) < 4.78 is 0. The first-order chi connectivity index (χ1) is 24.8. The molecule has 11 rings (SSSR count). The van der Waals surface area contributed by atoms with Gasteiger partial charge in [0.25, 0.3) is 0 Å². The van der Waals surface area contributed by atoms with Crippen LogP contribution in [0, 0.1) is 0 Å². The summed E-state index contributed by atoms with van der Waals surface area (Å²) in [5.74, 6) is 0. The summed E-state index contributed by atoms with van der Waals surface area (Å²) in [4.78, 5) is 4.53. The first kappa shape index (κ1) is 27.4. The molecule has 0 N–H and O–H groups in total. The van der Waals surface area contributed by atoms with E-state index >= 15 is 0 Å². The van der Waals surface area contributed by atoms with E-state index in [1.165, 1.54) is 97.7 Å². The van der Waals surface area contributed by atoms with Gasteiger partial charge in [-0.05, 0) is 134 Å². The Morgan fingerprint density at radius 3 is 1.32 bits per heavy atom. The molecule has 0 fully saturated rings. The standard InChI is InChI=1S/C49H29N/c1-2-25-50-45(12-1)38-23-22-36-26-35(20-21-37(36)27-38)30-13-15-31(16-14-30)40-28-39-24-19-34-7-4-10-42-41-9-3-6-32-17-18-33-8-5-11-43(48(33)46(32)41)44(29-40)49(39)47(34)42/h1-29H. The highest BCUT2D eigenvalue weighted by Crippen LogP contribution is 2.44. The van der Waals surface area contributed by atoms with Crippen LogP contribution >= 0.6 is 0 Å². The fourth-order valence-corrected chi connectivity index (χ4v) is 8.42. The maximum absolute atomic E-state index is 4.53. The molecule has 0 atom stereocenters. The van der Waals surface area contributed by atoms with Crippen LogP contribution in [-0.2, 0) is 0 Å². The molecule has 0 radical (unpaired) electrons. The lowest BCUT2D eigenvalue weighted by atomic mass is 9.86. The zero-order chi connectivity index (χ0) is 32.8. The van der Waals surface area contributed by atoms with Gasteiger partial charge < -0.3 is 0 Å². The van der Waals surface area contributed by atoms with Crippen LogP contribution in [0.2, 0.25) is 0 Å². The van der Waals surface area contributed by atoms with Crippen LogP contribution in [0.3, 0.4) is 0 Å². The minimum atomic E-state index is 0.996. The van der Waals surface area contributed by atoms with Crippen molar-refractivity contribution in [1.29, 1.82) is 0 Å². The molecule has 1 heterocycles. The zero-order valence-electron chi connectivity index (χ0n) is 27.2. The van der Waals surface area contributed by atoms with Gasteiger partial charge in [-0.1, -0.05) is 133 Å². The molecular formula is C49H29N. The summed E-state index contributed by atoms with van der Waals surface area (Å²) in [7, 11) is 0. The molecule has 0 unspecified atom stereocenters. The van der Waals surface area contributed by atoms with E-state index in [1.54, 1.807) is 0 Å². The summed E-state index contributed by atoms with van der Waals surface area (Å²) in [5, 5.41) is 18.1. The van der Waals surface area contributed by atoms with Crippen molar-refractivity contribution >= 4 is 75.4 Å². The van der Waals surface area contributed by atoms with Crippen molar-refractivity contribution in [2.24, 2.45) is 0 Å². The highest BCUT2D eigenvalue weighted by Gasteiger charge is 2.16. The van der Waals surface area contributed by atoms with Gasteiger partial charge in [0.05, 0.1) is 5.69 Å². The van der Waals surface area contributed by atoms with E-state index in [1.807, 2.05) is 18.3 Å². The number of benzene rings is 9. The van der Waals surface area contributed by atoms with Gasteiger partial charge in [-0.2, -0.15) is 0 Å². The van der Waals surface area contributed by atoms with E-state index in [0.29, 0.717) is 0 Å². The molecule has 11 aromatic rings. The van der Waals surface area contributed by atoms with Gasteiger partial charge in [-0.15, -0.1) is 0 Å². The molecule has 0 bridgehead atoms. The molecule has 50 heavy (non-hydrogen) atoms. The van der Waals surface area contributed by atoms with E-state index in [2.05, 4.69) is 163 Å². The molecule has 0 spiro atoms. The molecule has 1 aromatic heterocycles. The average molecular weight is 632 g/mol. The number of fused-ring (bicyclic) bond motifs is 3. The highest BCUT2D eigenvalue weighted by molar-refractivity contribution is 6.37. The maximum atomic E-state index is 4.53. The molecule has 0 aliphatic rings. The monoisotopic (exact) mass is 631 g/mol. The van der Waals surface area contributed by atoms with Gasteiger partial charge in [0.15, 0.2) is 0 Å². The molecule has 0 saturated heterocycles. The molecule has 230 valence electrons. The minimum absolute atomic E-state index is 0.996. The zero-order valence-corrected chi connectivity index (χ0v) is 27.2. The predicted octanol–water partition coefficient (Wildman–Crippen LogP) is 13.6. The second-order valence-corrected chi connectivity index (χ2v) is 13.5. The number of hydrogen-bond acceptors (Lipinski definition) is 1. The molecule has 0 aliphatic carbocycles. The van der Waals surface area contributed by atoms with Crippen molar-refractivity contribution in [1.82, 2.24) is 4.98 Å². The van der Waals surface area contributed by atoms with Crippen molar-refractivity contribution in [3.63, 3.8) is 0 Å². The maximum Gasteiger partial charge on any atom is 0.0702 e. The van der Waals surface area contributed by atoms with Crippen molar-refractivity contribution in [2.75, 3.05) is 0 Å². The van der Waals surface area contributed by atoms with Crippen molar-refractivity contribution in [3.05, 3.63) is 176 Å². The van der Waals surface area contributed by atoms with Gasteiger partial charge in [0.2, 0.25) is 0 Å². The lowest BCUT2D eigenvalue weighted by Gasteiger charge is -2.17. The Bertz CT molecular complexity index is 3110. The number of hydrogen-bond donors (Lipinski definition) is 0. The Morgan fingerprint density at radius 2 is 0.720 bits per heavy atom. The lowest BCUT2D eigenvalue weighted by molar-refractivity contribution is 1.33. The van der Waals surface area contributed by atoms with E-state index in [-0.39, 0.29) is 0 Å². The minimum Gasteiger partial charge on any atom is -0.256 e. The molecule has 0 saturated carbocycles. The Balaban J connectivity index is 1.10. The fraction of sp³-hybridized carbons (Fsp3) is 0. The predicted molar refractivity (Wildman–Crippen MR) is 214 cm³/mol. The second kappa shape index (κ2) is 10.5. The lowest BCUT2D eigenvalue weighted by Crippen LogP contribution is -1.89. The fourth-order valence-electron chi connectivity index (χ4n) is 8.42. The van der Waals surface area contributed by atoms with Crippen LogP contribution in [0.5, 0.6) is 0 Å². The number of pyridine rings is 1. The highest BCUT2D eigenvalue weighted by atomic mass is 14.7. The first-order valence-corrected chi connectivity index (χ1v) is 17.3. The summed E-state index contributed by atoms with van der Waals surface area (Å²) >= 11 is 0. The number of rotatable bonds is 3. The first-order valence-electron chi connectivity index (χ1n) is 17.3. The number of nitrogens with zero attached hydrogens (tertiary/aromatic N) is 1. The van der Waals surface area contributed by atoms with Crippen LogP contribution < -0.4 is 0 Å². The van der Waals surface area contributed by atoms with Crippen LogP contribution in [0.15, 0.2) is 176 Å². The molecule has 0 aliphatic heterocycles. The van der Waals surface area contributed by atoms with Crippen LogP contribution in [0.4, 0.5) is 0 Å². The van der Waals surface area contributed by atoms with Gasteiger partial charge >= 0.3 is 0 Å². The van der Waals surface area contributed by atoms with Gasteiger partial charge in [0.1, 0.15) is 0 Å². The summed E-state index contributed by atoms with van der Waals surface area (Å²) in [5.41, 5.74) is 7.01. The molecule has 10 aromatic carbocycles. The van der Waals surface area contributed by atoms with E-state index in [4.69, 9.17) is 0 Å². The molecular weight excluding hydrogens is 603 g/mol. The Labute approximate surface area is 289 Å². The van der Waals surface area contributed by atoms with Crippen molar-refractivity contribution in [3.8, 4) is 33.5 Å². The van der Waals surface area contributed by atoms with Crippen LogP contribution in [0.1, 0.15) is 0 Å². The summed E-state index contributed by atoms with van der Waals surface area (Å²) in [6, 6.07) is 62.8. The van der Waals surface area contributed by atoms with Gasteiger partial charge in [0, 0.05) is 11.8 Å². The third kappa shape index (κ3) is 4.04. The number of aromatic nitrogens is 1. The van der Waals surface area contributed by atoms with Crippen molar-refractivity contribution < 1.29 is 0 Å². The Kier molecular flexibility index (Phi) is 5.73. The third-order valence-electron chi connectivity index (χ3n) is 10.8. The Morgan fingerprint density at radius 1 is 0.260 bits per heavy atom. The Hall–Kier alpha value is -6.57. The SMILES string of the molecule is c1ccc(-c2ccc3cc(-c4ccc(-c5cc6ccc7cccc8c9cccc%10ccc%11cccc(c(c5)c6c78)c%11c%109)cc4)ccc3c2)nc1. The normalized spacial score (nSPS) is 12.0. The third-order valence-corrected chi connectivity index (χ3v) is 10.8. The van der Waals surface area contributed by atoms with E-state index < -0.39 is 0 Å². The van der Waals surface area contributed by atoms with Gasteiger partial charge in [-0.3, -0.25) is 4.98 Å². The smallest absolute Gasteiger partial charge is 0.0702 e. The topological polar surface area (TPSA) is 12.9 Å². The largest absolute Gasteiger partial charge is 0.256 e. The van der Waals surface area contributed by atoms with Gasteiger partial charge in [-0.25, -0.2) is 0 Å². The van der Waals surface area contributed by atoms with E-state index in [9.17, 15) is 0 Å². The van der Waals surface area contributed by atoms with Crippen LogP contribution in [0.25, 0.3) is 109 Å². The molecule has 1 heteroatoms. The second-order valence-electron chi connectivity index (χ2n) is 13.5. The van der Waals surface area contributed by atoms with Crippen LogP contribution in [-0.4, -0.2) is 4.98 Å². The van der Waals surface area contributed by atoms with E-state index in [0.717, 1.165) is 11.3 Å². The molecule has 0 amide bonds. The molecule has 1 nitrogen and oxygen atoms in total.